The molecule has 0 unspecified atom stereocenters. The molecule has 0 spiro atoms. The highest BCUT2D eigenvalue weighted by Crippen LogP contribution is 2.33. The minimum atomic E-state index is -0.815. The standard InChI is InChI=1S/C26H22FNO4/c1-3-17-8-14-20(15-9-17)31-16(2)26(30)28-23-21-6-4-5-7-22(21)32-25(23)24(29)18-10-12-19(27)13-11-18/h4-16H,3H2,1-2H3,(H,28,30)/t16-/m1/s1. The summed E-state index contributed by atoms with van der Waals surface area (Å²) in [6.07, 6.45) is 0.0966. The first kappa shape index (κ1) is 21.3. The Hall–Kier alpha value is -3.93. The molecule has 1 amide bonds. The third-order valence-electron chi connectivity index (χ3n) is 5.17. The first-order valence-corrected chi connectivity index (χ1v) is 10.3. The molecule has 0 aliphatic rings. The summed E-state index contributed by atoms with van der Waals surface area (Å²) in [7, 11) is 0. The Morgan fingerprint density at radius 3 is 2.38 bits per heavy atom. The van der Waals surface area contributed by atoms with Gasteiger partial charge in [0.2, 0.25) is 5.78 Å². The Morgan fingerprint density at radius 2 is 1.69 bits per heavy atom. The van der Waals surface area contributed by atoms with E-state index in [9.17, 15) is 14.0 Å². The van der Waals surface area contributed by atoms with Crippen molar-refractivity contribution in [1.82, 2.24) is 0 Å². The van der Waals surface area contributed by atoms with Crippen molar-refractivity contribution >= 4 is 28.3 Å². The summed E-state index contributed by atoms with van der Waals surface area (Å²) in [5.41, 5.74) is 2.14. The van der Waals surface area contributed by atoms with Gasteiger partial charge >= 0.3 is 0 Å². The summed E-state index contributed by atoms with van der Waals surface area (Å²) in [5, 5.41) is 3.37. The summed E-state index contributed by atoms with van der Waals surface area (Å²) in [4.78, 5) is 26.0. The number of halogens is 1. The Kier molecular flexibility index (Phi) is 6.03. The van der Waals surface area contributed by atoms with E-state index in [2.05, 4.69) is 12.2 Å². The van der Waals surface area contributed by atoms with Gasteiger partial charge in [-0.25, -0.2) is 4.39 Å². The zero-order valence-corrected chi connectivity index (χ0v) is 17.7. The lowest BCUT2D eigenvalue weighted by Gasteiger charge is -2.15. The van der Waals surface area contributed by atoms with E-state index in [1.54, 1.807) is 31.2 Å². The third-order valence-corrected chi connectivity index (χ3v) is 5.17. The van der Waals surface area contributed by atoms with Crippen LogP contribution in [0, 0.1) is 5.82 Å². The van der Waals surface area contributed by atoms with E-state index in [-0.39, 0.29) is 17.0 Å². The van der Waals surface area contributed by atoms with Gasteiger partial charge in [-0.1, -0.05) is 31.2 Å². The van der Waals surface area contributed by atoms with E-state index in [1.165, 1.54) is 29.8 Å². The van der Waals surface area contributed by atoms with Crippen LogP contribution in [0.2, 0.25) is 0 Å². The van der Waals surface area contributed by atoms with Crippen LogP contribution in [-0.2, 0) is 11.2 Å². The molecule has 32 heavy (non-hydrogen) atoms. The lowest BCUT2D eigenvalue weighted by atomic mass is 10.1. The molecule has 5 nitrogen and oxygen atoms in total. The van der Waals surface area contributed by atoms with Crippen molar-refractivity contribution in [3.8, 4) is 5.75 Å². The zero-order chi connectivity index (χ0) is 22.7. The van der Waals surface area contributed by atoms with E-state index in [1.807, 2.05) is 24.3 Å². The third kappa shape index (κ3) is 4.39. The molecule has 3 aromatic carbocycles. The minimum Gasteiger partial charge on any atom is -0.481 e. The van der Waals surface area contributed by atoms with Gasteiger partial charge in [0.15, 0.2) is 11.9 Å². The van der Waals surface area contributed by atoms with Gasteiger partial charge < -0.3 is 14.5 Å². The number of furan rings is 1. The summed E-state index contributed by atoms with van der Waals surface area (Å²) in [6, 6.07) is 19.7. The highest BCUT2D eigenvalue weighted by molar-refractivity contribution is 6.17. The van der Waals surface area contributed by atoms with Gasteiger partial charge in [0, 0.05) is 10.9 Å². The van der Waals surface area contributed by atoms with E-state index in [0.29, 0.717) is 16.7 Å². The van der Waals surface area contributed by atoms with Crippen molar-refractivity contribution in [2.75, 3.05) is 5.32 Å². The van der Waals surface area contributed by atoms with Crippen LogP contribution in [0.4, 0.5) is 10.1 Å². The van der Waals surface area contributed by atoms with Crippen molar-refractivity contribution in [2.24, 2.45) is 0 Å². The number of para-hydroxylation sites is 1. The van der Waals surface area contributed by atoms with Gasteiger partial charge in [-0.15, -0.1) is 0 Å². The number of benzene rings is 3. The first-order chi connectivity index (χ1) is 15.5. The molecule has 0 saturated carbocycles. The van der Waals surface area contributed by atoms with Crippen molar-refractivity contribution in [2.45, 2.75) is 26.4 Å². The van der Waals surface area contributed by atoms with Crippen LogP contribution in [0.5, 0.6) is 5.75 Å². The monoisotopic (exact) mass is 431 g/mol. The van der Waals surface area contributed by atoms with Gasteiger partial charge in [0.1, 0.15) is 17.1 Å². The van der Waals surface area contributed by atoms with Crippen LogP contribution in [0.1, 0.15) is 35.5 Å². The number of anilines is 1. The lowest BCUT2D eigenvalue weighted by Crippen LogP contribution is -2.30. The Labute approximate surface area is 184 Å². The fraction of sp³-hybridized carbons (Fsp3) is 0.154. The predicted molar refractivity (Wildman–Crippen MR) is 121 cm³/mol. The molecule has 1 atom stereocenters. The molecular formula is C26H22FNO4. The normalized spacial score (nSPS) is 11.8. The second kappa shape index (κ2) is 9.06. The molecule has 4 aromatic rings. The topological polar surface area (TPSA) is 68.5 Å². The van der Waals surface area contributed by atoms with Crippen LogP contribution in [0.25, 0.3) is 11.0 Å². The zero-order valence-electron chi connectivity index (χ0n) is 17.7. The van der Waals surface area contributed by atoms with E-state index in [4.69, 9.17) is 9.15 Å². The van der Waals surface area contributed by atoms with Gasteiger partial charge in [-0.2, -0.15) is 0 Å². The molecule has 0 aliphatic carbocycles. The van der Waals surface area contributed by atoms with Crippen molar-refractivity contribution in [3.63, 3.8) is 0 Å². The first-order valence-electron chi connectivity index (χ1n) is 10.3. The van der Waals surface area contributed by atoms with Crippen molar-refractivity contribution < 1.29 is 23.1 Å². The number of nitrogens with one attached hydrogen (secondary N) is 1. The molecule has 1 heterocycles. The molecular weight excluding hydrogens is 409 g/mol. The number of hydrogen-bond donors (Lipinski definition) is 1. The Bertz CT molecular complexity index is 1260. The van der Waals surface area contributed by atoms with Gasteiger partial charge in [0.25, 0.3) is 5.91 Å². The SMILES string of the molecule is CCc1ccc(O[C@H](C)C(=O)Nc2c(C(=O)c3ccc(F)cc3)oc3ccccc23)cc1. The van der Waals surface area contributed by atoms with E-state index >= 15 is 0 Å². The van der Waals surface area contributed by atoms with Crippen LogP contribution < -0.4 is 10.1 Å². The second-order valence-corrected chi connectivity index (χ2v) is 7.39. The molecule has 162 valence electrons. The van der Waals surface area contributed by atoms with Gasteiger partial charge in [-0.05, 0) is 67.4 Å². The molecule has 0 bridgehead atoms. The summed E-state index contributed by atoms with van der Waals surface area (Å²) < 4.78 is 24.8. The number of ketones is 1. The molecule has 0 fully saturated rings. The van der Waals surface area contributed by atoms with Crippen molar-refractivity contribution in [3.05, 3.63) is 95.5 Å². The number of carbonyl (C=O) groups excluding carboxylic acids is 2. The highest BCUT2D eigenvalue weighted by atomic mass is 19.1. The average Bonchev–Trinajstić information content (AvgIpc) is 3.18. The molecule has 4 rings (SSSR count). The summed E-state index contributed by atoms with van der Waals surface area (Å²) in [5.74, 6) is -0.780. The van der Waals surface area contributed by atoms with Crippen molar-refractivity contribution in [1.29, 1.82) is 0 Å². The highest BCUT2D eigenvalue weighted by Gasteiger charge is 2.25. The van der Waals surface area contributed by atoms with E-state index in [0.717, 1.165) is 6.42 Å². The number of amides is 1. The van der Waals surface area contributed by atoms with Crippen LogP contribution >= 0.6 is 0 Å². The van der Waals surface area contributed by atoms with Crippen LogP contribution in [0.3, 0.4) is 0 Å². The smallest absolute Gasteiger partial charge is 0.265 e. The molecule has 0 saturated heterocycles. The number of carbonyl (C=O) groups is 2. The number of hydrogen-bond acceptors (Lipinski definition) is 4. The molecule has 0 radical (unpaired) electrons. The number of aryl methyl sites for hydroxylation is 1. The van der Waals surface area contributed by atoms with Crippen LogP contribution in [0.15, 0.2) is 77.2 Å². The molecule has 1 N–H and O–H groups in total. The number of fused-ring (bicyclic) bond motifs is 1. The molecule has 6 heteroatoms. The summed E-state index contributed by atoms with van der Waals surface area (Å²) in [6.45, 7) is 3.69. The summed E-state index contributed by atoms with van der Waals surface area (Å²) >= 11 is 0. The van der Waals surface area contributed by atoms with E-state index < -0.39 is 23.6 Å². The fourth-order valence-electron chi connectivity index (χ4n) is 3.35. The Morgan fingerprint density at radius 1 is 1.00 bits per heavy atom. The lowest BCUT2D eigenvalue weighted by molar-refractivity contribution is -0.122. The minimum absolute atomic E-state index is 0.0225. The van der Waals surface area contributed by atoms with Gasteiger partial charge in [-0.3, -0.25) is 9.59 Å². The van der Waals surface area contributed by atoms with Crippen LogP contribution in [-0.4, -0.2) is 17.8 Å². The quantitative estimate of drug-likeness (QED) is 0.377. The maximum absolute atomic E-state index is 13.3. The number of rotatable bonds is 7. The second-order valence-electron chi connectivity index (χ2n) is 7.39. The van der Waals surface area contributed by atoms with Gasteiger partial charge in [0.05, 0.1) is 5.69 Å². The molecule has 1 aromatic heterocycles. The fourth-order valence-corrected chi connectivity index (χ4v) is 3.35. The predicted octanol–water partition coefficient (Wildman–Crippen LogP) is 5.77. The maximum atomic E-state index is 13.3. The Balaban J connectivity index is 1.61. The average molecular weight is 431 g/mol. The largest absolute Gasteiger partial charge is 0.481 e. The molecule has 0 aliphatic heterocycles. The maximum Gasteiger partial charge on any atom is 0.265 e. The number of ether oxygens (including phenoxy) is 1.